The molecule has 4 heterocycles. The molecule has 0 aromatic carbocycles. The van der Waals surface area contributed by atoms with Gasteiger partial charge in [0.25, 0.3) is 5.91 Å². The Bertz CT molecular complexity index is 911. The van der Waals surface area contributed by atoms with Crippen LogP contribution in [-0.4, -0.2) is 54.5 Å². The summed E-state index contributed by atoms with van der Waals surface area (Å²) in [6, 6.07) is 3.86. The van der Waals surface area contributed by atoms with Crippen LogP contribution in [0.5, 0.6) is 0 Å². The quantitative estimate of drug-likeness (QED) is 0.649. The first kappa shape index (κ1) is 16.1. The van der Waals surface area contributed by atoms with E-state index in [9.17, 15) is 9.59 Å². The molecular formula is C18H17N3O3S. The number of amides is 1. The van der Waals surface area contributed by atoms with E-state index in [1.54, 1.807) is 12.3 Å². The molecule has 2 aromatic heterocycles. The van der Waals surface area contributed by atoms with E-state index in [0.717, 1.165) is 41.0 Å². The number of hydrogen-bond donors (Lipinski definition) is 1. The molecule has 2 aromatic rings. The number of thiophene rings is 1. The van der Waals surface area contributed by atoms with Gasteiger partial charge < -0.3 is 15.0 Å². The predicted molar refractivity (Wildman–Crippen MR) is 94.3 cm³/mol. The summed E-state index contributed by atoms with van der Waals surface area (Å²) in [6.07, 6.45) is 2.83. The minimum Gasteiger partial charge on any atom is -0.459 e. The maximum absolute atomic E-state index is 12.5. The highest BCUT2D eigenvalue weighted by molar-refractivity contribution is 7.19. The number of piperidine rings is 1. The molecule has 2 aliphatic heterocycles. The normalized spacial score (nSPS) is 24.0. The van der Waals surface area contributed by atoms with Gasteiger partial charge in [-0.1, -0.05) is 0 Å². The van der Waals surface area contributed by atoms with Crippen LogP contribution in [0.15, 0.2) is 18.3 Å². The summed E-state index contributed by atoms with van der Waals surface area (Å²) in [5, 5.41) is 4.02. The Morgan fingerprint density at radius 3 is 3.00 bits per heavy atom. The number of rotatable bonds is 2. The van der Waals surface area contributed by atoms with E-state index in [-0.39, 0.29) is 11.9 Å². The number of aromatic nitrogens is 1. The van der Waals surface area contributed by atoms with Crippen LogP contribution in [0.2, 0.25) is 0 Å². The van der Waals surface area contributed by atoms with Crippen molar-refractivity contribution in [1.29, 1.82) is 0 Å². The van der Waals surface area contributed by atoms with Crippen LogP contribution < -0.4 is 5.32 Å². The number of nitrogens with one attached hydrogen (secondary N) is 1. The molecule has 7 heteroatoms. The van der Waals surface area contributed by atoms with Gasteiger partial charge in [-0.05, 0) is 36.9 Å². The summed E-state index contributed by atoms with van der Waals surface area (Å²) in [5.41, 5.74) is 0.416. The zero-order valence-corrected chi connectivity index (χ0v) is 14.6. The molecule has 25 heavy (non-hydrogen) atoms. The van der Waals surface area contributed by atoms with Gasteiger partial charge in [-0.3, -0.25) is 9.78 Å². The highest BCUT2D eigenvalue weighted by Gasteiger charge is 2.38. The van der Waals surface area contributed by atoms with Crippen LogP contribution in [0.1, 0.15) is 21.8 Å². The van der Waals surface area contributed by atoms with Crippen molar-refractivity contribution >= 4 is 33.3 Å². The molecule has 4 rings (SSSR count). The summed E-state index contributed by atoms with van der Waals surface area (Å²) in [6.45, 7) is 3.17. The highest BCUT2D eigenvalue weighted by Crippen LogP contribution is 2.28. The molecule has 2 saturated heterocycles. The van der Waals surface area contributed by atoms with Gasteiger partial charge in [0, 0.05) is 41.3 Å². The van der Waals surface area contributed by atoms with Gasteiger partial charge in [0.15, 0.2) is 0 Å². The van der Waals surface area contributed by atoms with Crippen molar-refractivity contribution in [2.45, 2.75) is 12.5 Å². The number of hydrogen-bond acceptors (Lipinski definition) is 6. The van der Waals surface area contributed by atoms with Gasteiger partial charge in [0.2, 0.25) is 0 Å². The third kappa shape index (κ3) is 3.23. The largest absolute Gasteiger partial charge is 0.459 e. The molecule has 1 amide bonds. The molecule has 128 valence electrons. The molecular weight excluding hydrogens is 338 g/mol. The fourth-order valence-electron chi connectivity index (χ4n) is 3.47. The zero-order chi connectivity index (χ0) is 17.4. The lowest BCUT2D eigenvalue weighted by molar-refractivity contribution is -0.133. The van der Waals surface area contributed by atoms with E-state index >= 15 is 0 Å². The van der Waals surface area contributed by atoms with Crippen LogP contribution in [0.25, 0.3) is 10.1 Å². The molecule has 2 bridgehead atoms. The third-order valence-corrected chi connectivity index (χ3v) is 5.77. The smallest absolute Gasteiger partial charge is 0.384 e. The number of ether oxygens (including phenoxy) is 1. The van der Waals surface area contributed by atoms with Crippen LogP contribution in [0, 0.1) is 17.8 Å². The van der Waals surface area contributed by atoms with Crippen molar-refractivity contribution in [2.24, 2.45) is 5.92 Å². The summed E-state index contributed by atoms with van der Waals surface area (Å²) in [7, 11) is 1.30. The molecule has 2 unspecified atom stereocenters. The molecule has 1 N–H and O–H groups in total. The molecule has 0 aliphatic carbocycles. The Morgan fingerprint density at radius 2 is 2.28 bits per heavy atom. The molecule has 6 nitrogen and oxygen atoms in total. The maximum Gasteiger partial charge on any atom is 0.384 e. The van der Waals surface area contributed by atoms with Crippen LogP contribution in [0.3, 0.4) is 0 Å². The van der Waals surface area contributed by atoms with E-state index in [1.807, 2.05) is 6.07 Å². The topological polar surface area (TPSA) is 71.5 Å². The predicted octanol–water partition coefficient (Wildman–Crippen LogP) is 1.25. The minimum atomic E-state index is -0.572. The summed E-state index contributed by atoms with van der Waals surface area (Å²) >= 11 is 1.43. The average molecular weight is 355 g/mol. The highest BCUT2D eigenvalue weighted by atomic mass is 32.1. The van der Waals surface area contributed by atoms with Crippen molar-refractivity contribution in [3.05, 3.63) is 28.9 Å². The fraction of sp³-hybridized carbons (Fsp3) is 0.389. The number of carbonyl (C=O) groups excluding carboxylic acids is 2. The van der Waals surface area contributed by atoms with Gasteiger partial charge in [-0.15, -0.1) is 11.3 Å². The monoisotopic (exact) mass is 355 g/mol. The zero-order valence-electron chi connectivity index (χ0n) is 13.7. The lowest BCUT2D eigenvalue weighted by atomic mass is 10.00. The lowest BCUT2D eigenvalue weighted by Crippen LogP contribution is -2.43. The molecule has 2 fully saturated rings. The first-order valence-electron chi connectivity index (χ1n) is 8.15. The van der Waals surface area contributed by atoms with Crippen LogP contribution in [0.4, 0.5) is 0 Å². The average Bonchev–Trinajstić information content (AvgIpc) is 3.33. The van der Waals surface area contributed by atoms with Crippen LogP contribution >= 0.6 is 11.3 Å². The second kappa shape index (κ2) is 6.47. The van der Waals surface area contributed by atoms with Gasteiger partial charge in [-0.2, -0.15) is 0 Å². The second-order valence-electron chi connectivity index (χ2n) is 6.35. The number of pyridine rings is 1. The van der Waals surface area contributed by atoms with Crippen molar-refractivity contribution < 1.29 is 14.3 Å². The molecule has 3 atom stereocenters. The van der Waals surface area contributed by atoms with Gasteiger partial charge in [0.05, 0.1) is 12.0 Å². The first-order chi connectivity index (χ1) is 12.1. The van der Waals surface area contributed by atoms with Crippen molar-refractivity contribution in [2.75, 3.05) is 26.7 Å². The Morgan fingerprint density at radius 1 is 1.40 bits per heavy atom. The summed E-state index contributed by atoms with van der Waals surface area (Å²) in [4.78, 5) is 31.0. The molecule has 0 radical (unpaired) electrons. The third-order valence-electron chi connectivity index (χ3n) is 4.76. The lowest BCUT2D eigenvalue weighted by Gasteiger charge is -2.22. The Balaban J connectivity index is 1.51. The molecule has 2 aliphatic rings. The van der Waals surface area contributed by atoms with Crippen LogP contribution in [-0.2, 0) is 9.53 Å². The maximum atomic E-state index is 12.5. The van der Waals surface area contributed by atoms with E-state index in [4.69, 9.17) is 0 Å². The van der Waals surface area contributed by atoms with E-state index < -0.39 is 5.97 Å². The van der Waals surface area contributed by atoms with Gasteiger partial charge in [-0.25, -0.2) is 4.79 Å². The molecule has 0 spiro atoms. The summed E-state index contributed by atoms with van der Waals surface area (Å²) in [5.74, 6) is 5.04. The van der Waals surface area contributed by atoms with E-state index in [2.05, 4.69) is 31.8 Å². The van der Waals surface area contributed by atoms with E-state index in [0.29, 0.717) is 11.6 Å². The number of carbonyl (C=O) groups is 2. The minimum absolute atomic E-state index is 0.128. The number of fused-ring (bicyclic) bond motifs is 3. The first-order valence-corrected chi connectivity index (χ1v) is 8.97. The second-order valence-corrected chi connectivity index (χ2v) is 7.43. The van der Waals surface area contributed by atoms with Crippen molar-refractivity contribution in [3.63, 3.8) is 0 Å². The standard InChI is InChI=1S/C18H17N3O3S/c1-24-17(22)3-2-13-6-12-8-19-14(7-16(12)25-13)18(23)20-15-10-21-5-4-11(15)9-21/h6-8,11,15H,4-5,9-10H2,1H3,(H,20,23)/t11-,15?/m0/s1. The number of nitrogens with zero attached hydrogens (tertiary/aromatic N) is 2. The Labute approximate surface area is 149 Å². The van der Waals surface area contributed by atoms with Gasteiger partial charge >= 0.3 is 5.97 Å². The Hall–Kier alpha value is -2.43. The SMILES string of the molecule is COC(=O)C#Cc1cc2cnc(C(=O)NC3CN4CC[C@H]3C4)cc2s1. The van der Waals surface area contributed by atoms with Crippen molar-refractivity contribution in [1.82, 2.24) is 15.2 Å². The molecule has 0 saturated carbocycles. The summed E-state index contributed by atoms with van der Waals surface area (Å²) < 4.78 is 5.43. The number of esters is 1. The van der Waals surface area contributed by atoms with Gasteiger partial charge in [0.1, 0.15) is 5.69 Å². The fourth-order valence-corrected chi connectivity index (χ4v) is 4.40. The van der Waals surface area contributed by atoms with E-state index in [1.165, 1.54) is 18.4 Å². The van der Waals surface area contributed by atoms with Crippen molar-refractivity contribution in [3.8, 4) is 11.8 Å². The number of methoxy groups -OCH3 is 1. The Kier molecular flexibility index (Phi) is 4.15.